The lowest BCUT2D eigenvalue weighted by Gasteiger charge is -2.10. The van der Waals surface area contributed by atoms with Crippen LogP contribution in [-0.4, -0.2) is 12.3 Å². The first kappa shape index (κ1) is 14.6. The van der Waals surface area contributed by atoms with Gasteiger partial charge in [-0.1, -0.05) is 24.2 Å². The summed E-state index contributed by atoms with van der Waals surface area (Å²) in [4.78, 5) is 0. The Morgan fingerprint density at radius 3 is 2.65 bits per heavy atom. The molecule has 5 nitrogen and oxygen atoms in total. The van der Waals surface area contributed by atoms with Gasteiger partial charge in [0.25, 0.3) is 0 Å². The molecule has 2 aromatic rings. The monoisotopic (exact) mass is 276 g/mol. The van der Waals surface area contributed by atoms with Crippen LogP contribution in [-0.2, 0) is 18.0 Å². The molecule has 0 amide bonds. The molecule has 0 spiro atoms. The number of hydrogen-bond acceptors (Lipinski definition) is 5. The summed E-state index contributed by atoms with van der Waals surface area (Å²) in [6.45, 7) is 2.85. The lowest BCUT2D eigenvalue weighted by molar-refractivity contribution is 0.155. The number of ether oxygens (including phenoxy) is 2. The second-order valence-electron chi connectivity index (χ2n) is 4.59. The SMILES string of the molecule is CC[C@H](N)c1ccc(OCc2cc(COC)on2)cc1. The second kappa shape index (κ2) is 7.07. The minimum Gasteiger partial charge on any atom is -0.487 e. The normalized spacial score (nSPS) is 12.3. The number of aromatic nitrogens is 1. The van der Waals surface area contributed by atoms with E-state index in [-0.39, 0.29) is 6.04 Å². The number of methoxy groups -OCH3 is 1. The van der Waals surface area contributed by atoms with Crippen LogP contribution in [0.4, 0.5) is 0 Å². The van der Waals surface area contributed by atoms with Crippen molar-refractivity contribution >= 4 is 0 Å². The summed E-state index contributed by atoms with van der Waals surface area (Å²) < 4.78 is 15.7. The molecule has 1 aromatic carbocycles. The molecule has 5 heteroatoms. The van der Waals surface area contributed by atoms with Crippen molar-refractivity contribution in [1.82, 2.24) is 5.16 Å². The van der Waals surface area contributed by atoms with Gasteiger partial charge in [0.2, 0.25) is 0 Å². The van der Waals surface area contributed by atoms with Crippen molar-refractivity contribution in [2.24, 2.45) is 5.73 Å². The third-order valence-corrected chi connectivity index (χ3v) is 3.03. The van der Waals surface area contributed by atoms with E-state index in [1.807, 2.05) is 30.3 Å². The van der Waals surface area contributed by atoms with Crippen LogP contribution in [0.25, 0.3) is 0 Å². The van der Waals surface area contributed by atoms with Crippen molar-refractivity contribution in [2.75, 3.05) is 7.11 Å². The Morgan fingerprint density at radius 1 is 1.25 bits per heavy atom. The fourth-order valence-corrected chi connectivity index (χ4v) is 1.84. The van der Waals surface area contributed by atoms with Crippen LogP contribution in [0.3, 0.4) is 0 Å². The molecule has 0 bridgehead atoms. The van der Waals surface area contributed by atoms with Gasteiger partial charge in [0, 0.05) is 19.2 Å². The first-order valence-electron chi connectivity index (χ1n) is 6.64. The van der Waals surface area contributed by atoms with Gasteiger partial charge in [-0.15, -0.1) is 0 Å². The van der Waals surface area contributed by atoms with E-state index in [2.05, 4.69) is 12.1 Å². The molecule has 1 atom stereocenters. The van der Waals surface area contributed by atoms with E-state index in [0.717, 1.165) is 23.4 Å². The third-order valence-electron chi connectivity index (χ3n) is 3.03. The summed E-state index contributed by atoms with van der Waals surface area (Å²) in [5.41, 5.74) is 7.82. The average Bonchev–Trinajstić information content (AvgIpc) is 2.93. The highest BCUT2D eigenvalue weighted by atomic mass is 16.5. The molecule has 0 unspecified atom stereocenters. The Labute approximate surface area is 118 Å². The number of benzene rings is 1. The Kier molecular flexibility index (Phi) is 5.15. The summed E-state index contributed by atoms with van der Waals surface area (Å²) in [7, 11) is 1.61. The van der Waals surface area contributed by atoms with Crippen LogP contribution in [0, 0.1) is 0 Å². The second-order valence-corrected chi connectivity index (χ2v) is 4.59. The number of rotatable bonds is 7. The van der Waals surface area contributed by atoms with Crippen molar-refractivity contribution in [1.29, 1.82) is 0 Å². The standard InChI is InChI=1S/C15H20N2O3/c1-3-15(16)11-4-6-13(7-5-11)19-9-12-8-14(10-18-2)20-17-12/h4-8,15H,3,9-10,16H2,1-2H3/t15-/m0/s1. The summed E-state index contributed by atoms with van der Waals surface area (Å²) in [6, 6.07) is 9.72. The molecular weight excluding hydrogens is 256 g/mol. The highest BCUT2D eigenvalue weighted by Crippen LogP contribution is 2.19. The molecule has 0 aliphatic rings. The van der Waals surface area contributed by atoms with Crippen molar-refractivity contribution in [2.45, 2.75) is 32.6 Å². The topological polar surface area (TPSA) is 70.5 Å². The van der Waals surface area contributed by atoms with E-state index in [1.54, 1.807) is 7.11 Å². The smallest absolute Gasteiger partial charge is 0.162 e. The zero-order valence-electron chi connectivity index (χ0n) is 11.8. The van der Waals surface area contributed by atoms with Gasteiger partial charge in [0.15, 0.2) is 5.76 Å². The van der Waals surface area contributed by atoms with Gasteiger partial charge >= 0.3 is 0 Å². The van der Waals surface area contributed by atoms with Crippen LogP contribution in [0.2, 0.25) is 0 Å². The maximum absolute atomic E-state index is 5.97. The van der Waals surface area contributed by atoms with Crippen LogP contribution in [0.5, 0.6) is 5.75 Å². The molecule has 1 aromatic heterocycles. The highest BCUT2D eigenvalue weighted by molar-refractivity contribution is 5.29. The lowest BCUT2D eigenvalue weighted by Crippen LogP contribution is -2.08. The van der Waals surface area contributed by atoms with E-state index in [9.17, 15) is 0 Å². The zero-order chi connectivity index (χ0) is 14.4. The molecule has 0 radical (unpaired) electrons. The van der Waals surface area contributed by atoms with Crippen molar-refractivity contribution in [3.63, 3.8) is 0 Å². The first-order chi connectivity index (χ1) is 9.72. The van der Waals surface area contributed by atoms with Crippen molar-refractivity contribution in [3.05, 3.63) is 47.3 Å². The molecule has 1 heterocycles. The van der Waals surface area contributed by atoms with Gasteiger partial charge in [-0.3, -0.25) is 0 Å². The van der Waals surface area contributed by atoms with E-state index in [4.69, 9.17) is 19.7 Å². The lowest BCUT2D eigenvalue weighted by atomic mass is 10.1. The predicted octanol–water partition coefficient (Wildman–Crippen LogP) is 2.81. The van der Waals surface area contributed by atoms with Crippen molar-refractivity contribution in [3.8, 4) is 5.75 Å². The van der Waals surface area contributed by atoms with Gasteiger partial charge in [-0.2, -0.15) is 0 Å². The molecule has 0 aliphatic heterocycles. The fraction of sp³-hybridized carbons (Fsp3) is 0.400. The highest BCUT2D eigenvalue weighted by Gasteiger charge is 2.06. The summed E-state index contributed by atoms with van der Waals surface area (Å²) in [5.74, 6) is 1.48. The van der Waals surface area contributed by atoms with Crippen LogP contribution in [0.1, 0.15) is 36.4 Å². The van der Waals surface area contributed by atoms with Gasteiger partial charge < -0.3 is 19.7 Å². The molecule has 0 fully saturated rings. The van der Waals surface area contributed by atoms with E-state index in [1.165, 1.54) is 0 Å². The minimum absolute atomic E-state index is 0.0798. The van der Waals surface area contributed by atoms with Crippen LogP contribution >= 0.6 is 0 Å². The maximum atomic E-state index is 5.97. The largest absolute Gasteiger partial charge is 0.487 e. The van der Waals surface area contributed by atoms with E-state index in [0.29, 0.717) is 19.0 Å². The Morgan fingerprint density at radius 2 is 2.00 bits per heavy atom. The van der Waals surface area contributed by atoms with Gasteiger partial charge in [0.1, 0.15) is 24.7 Å². The van der Waals surface area contributed by atoms with Crippen LogP contribution < -0.4 is 10.5 Å². The molecule has 0 saturated carbocycles. The molecule has 20 heavy (non-hydrogen) atoms. The molecule has 0 aliphatic carbocycles. The minimum atomic E-state index is 0.0798. The third kappa shape index (κ3) is 3.82. The van der Waals surface area contributed by atoms with Gasteiger partial charge in [-0.25, -0.2) is 0 Å². The number of nitrogens with zero attached hydrogens (tertiary/aromatic N) is 1. The Hall–Kier alpha value is -1.85. The molecule has 2 N–H and O–H groups in total. The quantitative estimate of drug-likeness (QED) is 0.842. The molecular formula is C15H20N2O3. The Bertz CT molecular complexity index is 522. The molecule has 2 rings (SSSR count). The fourth-order valence-electron chi connectivity index (χ4n) is 1.84. The summed E-state index contributed by atoms with van der Waals surface area (Å²) in [6.07, 6.45) is 0.918. The van der Waals surface area contributed by atoms with Crippen molar-refractivity contribution < 1.29 is 14.0 Å². The average molecular weight is 276 g/mol. The number of hydrogen-bond donors (Lipinski definition) is 1. The first-order valence-corrected chi connectivity index (χ1v) is 6.64. The number of nitrogens with two attached hydrogens (primary N) is 1. The van der Waals surface area contributed by atoms with E-state index < -0.39 is 0 Å². The van der Waals surface area contributed by atoms with Gasteiger partial charge in [-0.05, 0) is 24.1 Å². The summed E-state index contributed by atoms with van der Waals surface area (Å²) in [5, 5.41) is 3.91. The summed E-state index contributed by atoms with van der Waals surface area (Å²) >= 11 is 0. The maximum Gasteiger partial charge on any atom is 0.162 e. The Balaban J connectivity index is 1.89. The molecule has 0 saturated heterocycles. The van der Waals surface area contributed by atoms with Crippen LogP contribution in [0.15, 0.2) is 34.9 Å². The van der Waals surface area contributed by atoms with Gasteiger partial charge in [0.05, 0.1) is 0 Å². The van der Waals surface area contributed by atoms with E-state index >= 15 is 0 Å². The zero-order valence-corrected chi connectivity index (χ0v) is 11.8. The molecule has 108 valence electrons. The predicted molar refractivity (Wildman–Crippen MR) is 75.2 cm³/mol.